The highest BCUT2D eigenvalue weighted by Gasteiger charge is 2.17. The Morgan fingerprint density at radius 2 is 1.81 bits per heavy atom. The van der Waals surface area contributed by atoms with Crippen molar-refractivity contribution in [3.8, 4) is 0 Å². The Hall–Kier alpha value is -1.60. The highest BCUT2D eigenvalue weighted by Crippen LogP contribution is 2.16. The van der Waals surface area contributed by atoms with Crippen molar-refractivity contribution >= 4 is 21.7 Å². The van der Waals surface area contributed by atoms with Crippen molar-refractivity contribution in [3.05, 3.63) is 24.3 Å². The number of sulfonamides is 1. The lowest BCUT2D eigenvalue weighted by Crippen LogP contribution is -2.29. The van der Waals surface area contributed by atoms with Crippen LogP contribution in [0.25, 0.3) is 0 Å². The van der Waals surface area contributed by atoms with Gasteiger partial charge in [0.25, 0.3) is 0 Å². The molecule has 0 fully saturated rings. The van der Waals surface area contributed by atoms with E-state index < -0.39 is 22.0 Å². The van der Waals surface area contributed by atoms with Crippen molar-refractivity contribution in [2.45, 2.75) is 44.0 Å². The van der Waals surface area contributed by atoms with Gasteiger partial charge in [0.1, 0.15) is 6.04 Å². The summed E-state index contributed by atoms with van der Waals surface area (Å²) in [5.74, 6) is -0.918. The van der Waals surface area contributed by atoms with Gasteiger partial charge in [-0.05, 0) is 37.1 Å². The van der Waals surface area contributed by atoms with Crippen LogP contribution < -0.4 is 10.0 Å². The number of benzene rings is 1. The van der Waals surface area contributed by atoms with Crippen LogP contribution in [0.15, 0.2) is 29.2 Å². The molecular formula is C14H22N2O4S. The highest BCUT2D eigenvalue weighted by atomic mass is 32.2. The second-order valence-corrected chi connectivity index (χ2v) is 6.51. The van der Waals surface area contributed by atoms with E-state index in [1.807, 2.05) is 13.8 Å². The molecule has 0 aliphatic carbocycles. The molecule has 0 aliphatic heterocycles. The van der Waals surface area contributed by atoms with Gasteiger partial charge in [0.2, 0.25) is 10.0 Å². The highest BCUT2D eigenvalue weighted by molar-refractivity contribution is 7.89. The van der Waals surface area contributed by atoms with Gasteiger partial charge in [-0.3, -0.25) is 0 Å². The summed E-state index contributed by atoms with van der Waals surface area (Å²) < 4.78 is 26.3. The zero-order chi connectivity index (χ0) is 15.9. The van der Waals surface area contributed by atoms with E-state index in [-0.39, 0.29) is 4.90 Å². The van der Waals surface area contributed by atoms with Gasteiger partial charge in [0, 0.05) is 12.2 Å². The summed E-state index contributed by atoms with van der Waals surface area (Å²) >= 11 is 0. The topological polar surface area (TPSA) is 95.5 Å². The molecule has 1 aromatic rings. The zero-order valence-corrected chi connectivity index (χ0v) is 13.1. The fourth-order valence-corrected chi connectivity index (χ4v) is 2.93. The van der Waals surface area contributed by atoms with Gasteiger partial charge in [-0.25, -0.2) is 17.9 Å². The molecular weight excluding hydrogens is 292 g/mol. The maximum Gasteiger partial charge on any atom is 0.326 e. The maximum absolute atomic E-state index is 11.9. The lowest BCUT2D eigenvalue weighted by atomic mass is 10.1. The van der Waals surface area contributed by atoms with E-state index in [1.165, 1.54) is 12.1 Å². The van der Waals surface area contributed by atoms with E-state index in [4.69, 9.17) is 5.11 Å². The molecule has 0 bridgehead atoms. The molecule has 0 radical (unpaired) electrons. The largest absolute Gasteiger partial charge is 0.480 e. The van der Waals surface area contributed by atoms with Gasteiger partial charge in [-0.1, -0.05) is 20.3 Å². The van der Waals surface area contributed by atoms with Crippen molar-refractivity contribution in [2.24, 2.45) is 0 Å². The van der Waals surface area contributed by atoms with E-state index in [0.717, 1.165) is 12.8 Å². The Kier molecular flexibility index (Phi) is 6.64. The third kappa shape index (κ3) is 5.35. The molecule has 3 N–H and O–H groups in total. The molecule has 7 heteroatoms. The summed E-state index contributed by atoms with van der Waals surface area (Å²) in [5, 5.41) is 12.0. The Morgan fingerprint density at radius 3 is 2.29 bits per heavy atom. The summed E-state index contributed by atoms with van der Waals surface area (Å²) in [7, 11) is -3.49. The van der Waals surface area contributed by atoms with Crippen molar-refractivity contribution < 1.29 is 18.3 Å². The van der Waals surface area contributed by atoms with Crippen molar-refractivity contribution in [1.29, 1.82) is 0 Å². The minimum Gasteiger partial charge on any atom is -0.480 e. The molecule has 0 saturated heterocycles. The molecule has 21 heavy (non-hydrogen) atoms. The number of carboxylic acids is 1. The zero-order valence-electron chi connectivity index (χ0n) is 12.3. The Balaban J connectivity index is 2.80. The van der Waals surface area contributed by atoms with E-state index in [2.05, 4.69) is 10.0 Å². The van der Waals surface area contributed by atoms with Crippen LogP contribution in [0.4, 0.5) is 5.69 Å². The summed E-state index contributed by atoms with van der Waals surface area (Å²) in [6.45, 7) is 4.18. The smallest absolute Gasteiger partial charge is 0.326 e. The number of carboxylic acid groups (broad SMARTS) is 1. The normalized spacial score (nSPS) is 12.9. The predicted octanol–water partition coefficient (Wildman–Crippen LogP) is 2.04. The molecule has 1 atom stereocenters. The minimum absolute atomic E-state index is 0.170. The van der Waals surface area contributed by atoms with Crippen LogP contribution in [-0.4, -0.2) is 32.1 Å². The average Bonchev–Trinajstić information content (AvgIpc) is 2.45. The van der Waals surface area contributed by atoms with E-state index in [1.54, 1.807) is 12.1 Å². The lowest BCUT2D eigenvalue weighted by molar-refractivity contribution is -0.138. The second kappa shape index (κ2) is 7.99. The van der Waals surface area contributed by atoms with Crippen molar-refractivity contribution in [2.75, 3.05) is 11.9 Å². The molecule has 0 aromatic heterocycles. The molecule has 118 valence electrons. The first-order chi connectivity index (χ1) is 9.90. The Labute approximate surface area is 125 Å². The first kappa shape index (κ1) is 17.5. The third-order valence-electron chi connectivity index (χ3n) is 2.92. The molecule has 0 amide bonds. The predicted molar refractivity (Wildman–Crippen MR) is 81.9 cm³/mol. The van der Waals surface area contributed by atoms with Crippen LogP contribution in [0.1, 0.15) is 33.1 Å². The summed E-state index contributed by atoms with van der Waals surface area (Å²) in [4.78, 5) is 11.2. The average molecular weight is 314 g/mol. The molecule has 1 unspecified atom stereocenters. The first-order valence-corrected chi connectivity index (χ1v) is 8.48. The standard InChI is InChI=1S/C14H22N2O4S/c1-3-5-13(14(17)18)16-11-6-8-12(9-7-11)21(19,20)15-10-4-2/h6-9,13,15-16H,3-5,10H2,1-2H3,(H,17,18). The second-order valence-electron chi connectivity index (χ2n) is 4.75. The van der Waals surface area contributed by atoms with Crippen molar-refractivity contribution in [3.63, 3.8) is 0 Å². The Bertz CT molecular complexity index is 555. The van der Waals surface area contributed by atoms with E-state index >= 15 is 0 Å². The lowest BCUT2D eigenvalue weighted by Gasteiger charge is -2.15. The van der Waals surface area contributed by atoms with Crippen LogP contribution in [0.3, 0.4) is 0 Å². The summed E-state index contributed by atoms with van der Waals surface area (Å²) in [6, 6.07) is 5.41. The number of hydrogen-bond donors (Lipinski definition) is 3. The number of carbonyl (C=O) groups is 1. The van der Waals surface area contributed by atoms with Gasteiger partial charge in [-0.2, -0.15) is 0 Å². The molecule has 6 nitrogen and oxygen atoms in total. The fourth-order valence-electron chi connectivity index (χ4n) is 1.80. The van der Waals surface area contributed by atoms with Crippen LogP contribution in [0, 0.1) is 0 Å². The quantitative estimate of drug-likeness (QED) is 0.648. The van der Waals surface area contributed by atoms with E-state index in [9.17, 15) is 13.2 Å². The van der Waals surface area contributed by atoms with E-state index in [0.29, 0.717) is 18.7 Å². The molecule has 0 heterocycles. The Morgan fingerprint density at radius 1 is 1.19 bits per heavy atom. The van der Waals surface area contributed by atoms with Gasteiger partial charge in [0.05, 0.1) is 4.90 Å². The SMILES string of the molecule is CCCNS(=O)(=O)c1ccc(NC(CCC)C(=O)O)cc1. The molecule has 1 rings (SSSR count). The maximum atomic E-state index is 11.9. The summed E-state index contributed by atoms with van der Waals surface area (Å²) in [6.07, 6.45) is 1.97. The third-order valence-corrected chi connectivity index (χ3v) is 4.40. The molecule has 0 saturated carbocycles. The number of aliphatic carboxylic acids is 1. The number of hydrogen-bond acceptors (Lipinski definition) is 4. The molecule has 0 spiro atoms. The minimum atomic E-state index is -3.49. The van der Waals surface area contributed by atoms with Gasteiger partial charge < -0.3 is 10.4 Å². The van der Waals surface area contributed by atoms with Crippen LogP contribution >= 0.6 is 0 Å². The monoisotopic (exact) mass is 314 g/mol. The van der Waals surface area contributed by atoms with Crippen LogP contribution in [0.2, 0.25) is 0 Å². The van der Waals surface area contributed by atoms with Crippen molar-refractivity contribution in [1.82, 2.24) is 4.72 Å². The number of anilines is 1. The van der Waals surface area contributed by atoms with Gasteiger partial charge in [0.15, 0.2) is 0 Å². The van der Waals surface area contributed by atoms with Crippen LogP contribution in [-0.2, 0) is 14.8 Å². The van der Waals surface area contributed by atoms with Crippen LogP contribution in [0.5, 0.6) is 0 Å². The number of nitrogens with one attached hydrogen (secondary N) is 2. The number of rotatable bonds is 9. The first-order valence-electron chi connectivity index (χ1n) is 6.99. The van der Waals surface area contributed by atoms with Gasteiger partial charge in [-0.15, -0.1) is 0 Å². The molecule has 1 aromatic carbocycles. The summed E-state index contributed by atoms with van der Waals surface area (Å²) in [5.41, 5.74) is 0.588. The molecule has 0 aliphatic rings. The van der Waals surface area contributed by atoms with Gasteiger partial charge >= 0.3 is 5.97 Å². The fraction of sp³-hybridized carbons (Fsp3) is 0.500.